The molecule has 0 unspecified atom stereocenters. The third-order valence-corrected chi connectivity index (χ3v) is 5.15. The van der Waals surface area contributed by atoms with E-state index in [1.54, 1.807) is 7.11 Å². The van der Waals surface area contributed by atoms with Gasteiger partial charge in [0.2, 0.25) is 17.7 Å². The molecule has 3 rings (SSSR count). The van der Waals surface area contributed by atoms with Gasteiger partial charge in [-0.2, -0.15) is 0 Å². The normalized spacial score (nSPS) is 13.7. The number of nitrogens with zero attached hydrogens (tertiary/aromatic N) is 2. The van der Waals surface area contributed by atoms with E-state index in [9.17, 15) is 9.59 Å². The fourth-order valence-corrected chi connectivity index (χ4v) is 3.46. The maximum absolute atomic E-state index is 12.0. The molecule has 1 aliphatic heterocycles. The lowest BCUT2D eigenvalue weighted by molar-refractivity contribution is -0.127. The van der Waals surface area contributed by atoms with Gasteiger partial charge in [0.25, 0.3) is 0 Å². The van der Waals surface area contributed by atoms with Gasteiger partial charge >= 0.3 is 0 Å². The van der Waals surface area contributed by atoms with Gasteiger partial charge in [-0.3, -0.25) is 9.59 Å². The molecule has 2 amide bonds. The molecule has 0 saturated carbocycles. The highest BCUT2D eigenvalue weighted by Crippen LogP contribution is 2.24. The molecule has 1 aliphatic rings. The van der Waals surface area contributed by atoms with Crippen LogP contribution in [0.3, 0.4) is 0 Å². The number of nitrogens with one attached hydrogen (secondary N) is 1. The van der Waals surface area contributed by atoms with E-state index in [0.717, 1.165) is 48.7 Å². The van der Waals surface area contributed by atoms with Crippen molar-refractivity contribution in [2.75, 3.05) is 26.7 Å². The molecule has 156 valence electrons. The second-order valence-corrected chi connectivity index (χ2v) is 7.29. The van der Waals surface area contributed by atoms with Crippen LogP contribution in [-0.4, -0.2) is 48.4 Å². The molecule has 0 atom stereocenters. The number of hydrogen-bond acceptors (Lipinski definition) is 5. The van der Waals surface area contributed by atoms with Gasteiger partial charge < -0.3 is 19.4 Å². The van der Waals surface area contributed by atoms with Gasteiger partial charge in [0, 0.05) is 38.0 Å². The zero-order valence-electron chi connectivity index (χ0n) is 17.2. The molecular weight excluding hydrogens is 370 g/mol. The zero-order chi connectivity index (χ0) is 20.6. The lowest BCUT2D eigenvalue weighted by Gasteiger charge is -2.15. The number of hydrogen-bond donors (Lipinski definition) is 1. The lowest BCUT2D eigenvalue weighted by atomic mass is 10.1. The average Bonchev–Trinajstić information content (AvgIpc) is 3.31. The first-order valence-electron chi connectivity index (χ1n) is 10.2. The van der Waals surface area contributed by atoms with Crippen molar-refractivity contribution < 1.29 is 18.7 Å². The van der Waals surface area contributed by atoms with Crippen LogP contribution in [0.4, 0.5) is 0 Å². The van der Waals surface area contributed by atoms with E-state index >= 15 is 0 Å². The summed E-state index contributed by atoms with van der Waals surface area (Å²) in [6, 6.07) is 7.57. The fraction of sp³-hybridized carbons (Fsp3) is 0.500. The second-order valence-electron chi connectivity index (χ2n) is 7.29. The van der Waals surface area contributed by atoms with E-state index in [4.69, 9.17) is 9.15 Å². The molecule has 1 N–H and O–H groups in total. The van der Waals surface area contributed by atoms with Crippen LogP contribution in [0.2, 0.25) is 0 Å². The number of likely N-dealkylation sites (tertiary alicyclic amines) is 1. The SMILES string of the molecule is COc1ccc(-c2nc(CCCC(=O)NCCCN3CCCC3=O)c(C)o2)cc1. The summed E-state index contributed by atoms with van der Waals surface area (Å²) < 4.78 is 11.0. The van der Waals surface area contributed by atoms with Gasteiger partial charge in [-0.25, -0.2) is 4.98 Å². The number of oxazole rings is 1. The second kappa shape index (κ2) is 10.1. The summed E-state index contributed by atoms with van der Waals surface area (Å²) in [6.07, 6.45) is 4.27. The van der Waals surface area contributed by atoms with Gasteiger partial charge in [0.15, 0.2) is 0 Å². The minimum Gasteiger partial charge on any atom is -0.497 e. The van der Waals surface area contributed by atoms with Crippen LogP contribution in [0.25, 0.3) is 11.5 Å². The summed E-state index contributed by atoms with van der Waals surface area (Å²) in [5, 5.41) is 2.93. The first-order valence-corrected chi connectivity index (χ1v) is 10.2. The third kappa shape index (κ3) is 5.82. The van der Waals surface area contributed by atoms with E-state index in [0.29, 0.717) is 38.1 Å². The van der Waals surface area contributed by atoms with E-state index in [-0.39, 0.29) is 11.8 Å². The van der Waals surface area contributed by atoms with Crippen molar-refractivity contribution in [3.63, 3.8) is 0 Å². The number of benzene rings is 1. The topological polar surface area (TPSA) is 84.7 Å². The van der Waals surface area contributed by atoms with Crippen molar-refractivity contribution in [1.29, 1.82) is 0 Å². The zero-order valence-corrected chi connectivity index (χ0v) is 17.2. The summed E-state index contributed by atoms with van der Waals surface area (Å²) in [5.41, 5.74) is 1.78. The molecule has 0 radical (unpaired) electrons. The molecule has 0 spiro atoms. The van der Waals surface area contributed by atoms with Crippen molar-refractivity contribution in [3.05, 3.63) is 35.7 Å². The van der Waals surface area contributed by atoms with E-state index in [1.807, 2.05) is 36.1 Å². The first kappa shape index (κ1) is 20.9. The molecule has 7 heteroatoms. The van der Waals surface area contributed by atoms with Crippen molar-refractivity contribution in [1.82, 2.24) is 15.2 Å². The molecule has 1 aromatic carbocycles. The van der Waals surface area contributed by atoms with E-state index in [2.05, 4.69) is 10.3 Å². The van der Waals surface area contributed by atoms with Crippen molar-refractivity contribution in [3.8, 4) is 17.2 Å². The largest absolute Gasteiger partial charge is 0.497 e. The summed E-state index contributed by atoms with van der Waals surface area (Å²) in [5.74, 6) is 2.42. The quantitative estimate of drug-likeness (QED) is 0.621. The molecule has 1 fully saturated rings. The number of carbonyl (C=O) groups is 2. The Morgan fingerprint density at radius 1 is 1.28 bits per heavy atom. The predicted octanol–water partition coefficient (Wildman–Crippen LogP) is 3.11. The van der Waals surface area contributed by atoms with Crippen LogP contribution < -0.4 is 10.1 Å². The summed E-state index contributed by atoms with van der Waals surface area (Å²) in [4.78, 5) is 30.0. The molecule has 0 bridgehead atoms. The van der Waals surface area contributed by atoms with Crippen LogP contribution in [-0.2, 0) is 16.0 Å². The smallest absolute Gasteiger partial charge is 0.226 e. The molecule has 29 heavy (non-hydrogen) atoms. The fourth-order valence-electron chi connectivity index (χ4n) is 3.46. The molecule has 1 aromatic heterocycles. The van der Waals surface area contributed by atoms with Crippen LogP contribution >= 0.6 is 0 Å². The van der Waals surface area contributed by atoms with Gasteiger partial charge in [-0.05, 0) is 56.9 Å². The van der Waals surface area contributed by atoms with Gasteiger partial charge in [-0.1, -0.05) is 0 Å². The molecule has 2 heterocycles. The number of amides is 2. The highest BCUT2D eigenvalue weighted by atomic mass is 16.5. The van der Waals surface area contributed by atoms with Crippen LogP contribution in [0.5, 0.6) is 5.75 Å². The molecular formula is C22H29N3O4. The number of aryl methyl sites for hydroxylation is 2. The first-order chi connectivity index (χ1) is 14.1. The highest BCUT2D eigenvalue weighted by Gasteiger charge is 2.19. The summed E-state index contributed by atoms with van der Waals surface area (Å²) in [6.45, 7) is 4.08. The monoisotopic (exact) mass is 399 g/mol. The Kier molecular flexibility index (Phi) is 7.27. The van der Waals surface area contributed by atoms with E-state index < -0.39 is 0 Å². The summed E-state index contributed by atoms with van der Waals surface area (Å²) >= 11 is 0. The maximum Gasteiger partial charge on any atom is 0.226 e. The Bertz CT molecular complexity index is 829. The Morgan fingerprint density at radius 2 is 2.07 bits per heavy atom. The van der Waals surface area contributed by atoms with Crippen LogP contribution in [0, 0.1) is 6.92 Å². The molecule has 0 aliphatic carbocycles. The van der Waals surface area contributed by atoms with Gasteiger partial charge in [0.05, 0.1) is 12.8 Å². The summed E-state index contributed by atoms with van der Waals surface area (Å²) in [7, 11) is 1.63. The number of carbonyl (C=O) groups excluding carboxylic acids is 2. The number of rotatable bonds is 10. The third-order valence-electron chi connectivity index (χ3n) is 5.15. The van der Waals surface area contributed by atoms with Crippen LogP contribution in [0.15, 0.2) is 28.7 Å². The highest BCUT2D eigenvalue weighted by molar-refractivity contribution is 5.78. The van der Waals surface area contributed by atoms with E-state index in [1.165, 1.54) is 0 Å². The molecule has 7 nitrogen and oxygen atoms in total. The predicted molar refractivity (Wildman–Crippen MR) is 110 cm³/mol. The van der Waals surface area contributed by atoms with Crippen molar-refractivity contribution >= 4 is 11.8 Å². The average molecular weight is 399 g/mol. The Hall–Kier alpha value is -2.83. The molecule has 2 aromatic rings. The number of aromatic nitrogens is 1. The minimum absolute atomic E-state index is 0.0364. The standard InChI is InChI=1S/C22H29N3O4/c1-16-19(24-22(29-16)17-9-11-18(28-2)12-10-17)6-3-7-20(26)23-13-5-15-25-14-4-8-21(25)27/h9-12H,3-8,13-15H2,1-2H3,(H,23,26). The maximum atomic E-state index is 12.0. The lowest BCUT2D eigenvalue weighted by Crippen LogP contribution is -2.30. The number of methoxy groups -OCH3 is 1. The Labute approximate surface area is 171 Å². The Balaban J connectivity index is 1.38. The van der Waals surface area contributed by atoms with Crippen molar-refractivity contribution in [2.45, 2.75) is 45.4 Å². The Morgan fingerprint density at radius 3 is 2.76 bits per heavy atom. The van der Waals surface area contributed by atoms with Gasteiger partial charge in [-0.15, -0.1) is 0 Å². The van der Waals surface area contributed by atoms with Crippen molar-refractivity contribution in [2.24, 2.45) is 0 Å². The number of ether oxygens (including phenoxy) is 1. The van der Waals surface area contributed by atoms with Crippen LogP contribution in [0.1, 0.15) is 43.6 Å². The molecule has 1 saturated heterocycles. The van der Waals surface area contributed by atoms with Gasteiger partial charge in [0.1, 0.15) is 11.5 Å². The minimum atomic E-state index is 0.0364.